The first-order chi connectivity index (χ1) is 15.2. The number of hydrogen-bond donors (Lipinski definition) is 1. The molecule has 5 nitrogen and oxygen atoms in total. The number of aromatic nitrogens is 3. The van der Waals surface area contributed by atoms with Gasteiger partial charge in [-0.15, -0.1) is 0 Å². The van der Waals surface area contributed by atoms with E-state index < -0.39 is 0 Å². The van der Waals surface area contributed by atoms with Gasteiger partial charge in [0.2, 0.25) is 5.91 Å². The van der Waals surface area contributed by atoms with Crippen LogP contribution < -0.4 is 5.32 Å². The number of nitrogens with zero attached hydrogens (tertiary/aromatic N) is 3. The molecule has 2 aromatic carbocycles. The topological polar surface area (TPSA) is 59.8 Å². The molecule has 0 aliphatic rings. The van der Waals surface area contributed by atoms with Crippen LogP contribution in [0.25, 0.3) is 17.3 Å². The average Bonchev–Trinajstić information content (AvgIpc) is 3.20. The van der Waals surface area contributed by atoms with Crippen molar-refractivity contribution in [2.24, 2.45) is 0 Å². The molecule has 0 spiro atoms. The molecule has 0 saturated heterocycles. The summed E-state index contributed by atoms with van der Waals surface area (Å²) in [6.07, 6.45) is 7.05. The highest BCUT2D eigenvalue weighted by atomic mass is 16.1. The fraction of sp³-hybridized carbons (Fsp3) is 0.115. The van der Waals surface area contributed by atoms with Crippen molar-refractivity contribution in [2.45, 2.75) is 20.0 Å². The fourth-order valence-corrected chi connectivity index (χ4v) is 3.25. The van der Waals surface area contributed by atoms with Crippen molar-refractivity contribution in [3.05, 3.63) is 114 Å². The Morgan fingerprint density at radius 1 is 1.00 bits per heavy atom. The van der Waals surface area contributed by atoms with Gasteiger partial charge in [-0.3, -0.25) is 14.5 Å². The molecule has 0 fully saturated rings. The molecule has 31 heavy (non-hydrogen) atoms. The van der Waals surface area contributed by atoms with Gasteiger partial charge in [-0.2, -0.15) is 5.10 Å². The molecule has 154 valence electrons. The third kappa shape index (κ3) is 5.54. The molecule has 0 unspecified atom stereocenters. The highest BCUT2D eigenvalue weighted by Crippen LogP contribution is 2.24. The summed E-state index contributed by atoms with van der Waals surface area (Å²) >= 11 is 0. The molecule has 5 heteroatoms. The van der Waals surface area contributed by atoms with Gasteiger partial charge >= 0.3 is 0 Å². The lowest BCUT2D eigenvalue weighted by Crippen LogP contribution is -2.20. The molecule has 2 heterocycles. The summed E-state index contributed by atoms with van der Waals surface area (Å²) in [6, 6.07) is 24.1. The normalized spacial score (nSPS) is 11.0. The van der Waals surface area contributed by atoms with Gasteiger partial charge in [0.25, 0.3) is 0 Å². The largest absolute Gasteiger partial charge is 0.347 e. The first-order valence-electron chi connectivity index (χ1n) is 10.2. The Morgan fingerprint density at radius 2 is 1.77 bits per heavy atom. The molecule has 0 atom stereocenters. The van der Waals surface area contributed by atoms with Gasteiger partial charge in [0.05, 0.1) is 24.5 Å². The van der Waals surface area contributed by atoms with Crippen molar-refractivity contribution in [3.63, 3.8) is 0 Å². The molecule has 2 aromatic heterocycles. The summed E-state index contributed by atoms with van der Waals surface area (Å²) in [5.74, 6) is -0.170. The molecule has 1 N–H and O–H groups in total. The zero-order valence-corrected chi connectivity index (χ0v) is 17.4. The van der Waals surface area contributed by atoms with Gasteiger partial charge in [-0.05, 0) is 30.7 Å². The predicted octanol–water partition coefficient (Wildman–Crippen LogP) is 4.63. The van der Waals surface area contributed by atoms with E-state index in [2.05, 4.69) is 53.6 Å². The number of aryl methyl sites for hydroxylation is 1. The minimum atomic E-state index is -0.170. The van der Waals surface area contributed by atoms with Crippen molar-refractivity contribution in [1.82, 2.24) is 20.1 Å². The van der Waals surface area contributed by atoms with E-state index in [1.54, 1.807) is 12.3 Å². The number of carbonyl (C=O) groups is 1. The molecule has 0 saturated carbocycles. The summed E-state index contributed by atoms with van der Waals surface area (Å²) in [4.78, 5) is 16.5. The predicted molar refractivity (Wildman–Crippen MR) is 123 cm³/mol. The Labute approximate surface area is 182 Å². The number of rotatable bonds is 7. The molecule has 0 aliphatic heterocycles. The smallest absolute Gasteiger partial charge is 0.244 e. The monoisotopic (exact) mass is 408 g/mol. The summed E-state index contributed by atoms with van der Waals surface area (Å²) < 4.78 is 1.91. The molecule has 0 radical (unpaired) electrons. The van der Waals surface area contributed by atoms with E-state index in [0.29, 0.717) is 13.1 Å². The van der Waals surface area contributed by atoms with E-state index >= 15 is 0 Å². The minimum Gasteiger partial charge on any atom is -0.347 e. The second-order valence-corrected chi connectivity index (χ2v) is 7.35. The first-order valence-corrected chi connectivity index (χ1v) is 10.2. The van der Waals surface area contributed by atoms with Gasteiger partial charge in [-0.1, -0.05) is 66.2 Å². The van der Waals surface area contributed by atoms with E-state index in [1.165, 1.54) is 11.1 Å². The van der Waals surface area contributed by atoms with Gasteiger partial charge in [0.15, 0.2) is 0 Å². The molecule has 1 amide bonds. The standard InChI is InChI=1S/C26H24N4O/c1-20-10-12-22(13-11-20)26-23(19-30(29-26)18-21-7-3-2-4-8-21)14-15-25(31)28-17-24-9-5-6-16-27-24/h2-16,19H,17-18H2,1H3,(H,28,31)/b15-14+. The lowest BCUT2D eigenvalue weighted by Gasteiger charge is -2.02. The Morgan fingerprint density at radius 3 is 2.52 bits per heavy atom. The van der Waals surface area contributed by atoms with Crippen molar-refractivity contribution in [3.8, 4) is 11.3 Å². The second-order valence-electron chi connectivity index (χ2n) is 7.35. The quantitative estimate of drug-likeness (QED) is 0.454. The van der Waals surface area contributed by atoms with Crippen LogP contribution in [0.1, 0.15) is 22.4 Å². The zero-order valence-electron chi connectivity index (χ0n) is 17.4. The van der Waals surface area contributed by atoms with Crippen LogP contribution in [0.2, 0.25) is 0 Å². The van der Waals surface area contributed by atoms with E-state index in [0.717, 1.165) is 22.5 Å². The number of pyridine rings is 1. The minimum absolute atomic E-state index is 0.170. The highest BCUT2D eigenvalue weighted by Gasteiger charge is 2.10. The number of carbonyl (C=O) groups excluding carboxylic acids is 1. The summed E-state index contributed by atoms with van der Waals surface area (Å²) in [6.45, 7) is 3.12. The van der Waals surface area contributed by atoms with Crippen LogP contribution in [0.4, 0.5) is 0 Å². The lowest BCUT2D eigenvalue weighted by molar-refractivity contribution is -0.116. The van der Waals surface area contributed by atoms with Crippen molar-refractivity contribution in [2.75, 3.05) is 0 Å². The first kappa shape index (κ1) is 20.3. The van der Waals surface area contributed by atoms with Crippen molar-refractivity contribution >= 4 is 12.0 Å². The van der Waals surface area contributed by atoms with Gasteiger partial charge < -0.3 is 5.32 Å². The van der Waals surface area contributed by atoms with Crippen LogP contribution in [-0.4, -0.2) is 20.7 Å². The van der Waals surface area contributed by atoms with Crippen LogP contribution in [0, 0.1) is 6.92 Å². The van der Waals surface area contributed by atoms with Crippen LogP contribution in [-0.2, 0) is 17.9 Å². The summed E-state index contributed by atoms with van der Waals surface area (Å²) in [5, 5.41) is 7.67. The summed E-state index contributed by atoms with van der Waals surface area (Å²) in [5.41, 5.74) is 5.95. The van der Waals surface area contributed by atoms with Crippen molar-refractivity contribution in [1.29, 1.82) is 0 Å². The molecule has 4 aromatic rings. The zero-order chi connectivity index (χ0) is 21.5. The van der Waals surface area contributed by atoms with E-state index in [-0.39, 0.29) is 5.91 Å². The Bertz CT molecular complexity index is 1160. The summed E-state index contributed by atoms with van der Waals surface area (Å²) in [7, 11) is 0. The Balaban J connectivity index is 1.54. The molecular formula is C26H24N4O. The average molecular weight is 409 g/mol. The van der Waals surface area contributed by atoms with Crippen LogP contribution in [0.3, 0.4) is 0 Å². The lowest BCUT2D eigenvalue weighted by atomic mass is 10.1. The van der Waals surface area contributed by atoms with Gasteiger partial charge in [-0.25, -0.2) is 0 Å². The Hall–Kier alpha value is -3.99. The highest BCUT2D eigenvalue weighted by molar-refractivity contribution is 5.92. The van der Waals surface area contributed by atoms with Crippen molar-refractivity contribution < 1.29 is 4.79 Å². The third-order valence-electron chi connectivity index (χ3n) is 4.89. The SMILES string of the molecule is Cc1ccc(-c2nn(Cc3ccccc3)cc2/C=C/C(=O)NCc2ccccn2)cc1. The Kier molecular flexibility index (Phi) is 6.33. The van der Waals surface area contributed by atoms with E-state index in [1.807, 2.05) is 53.4 Å². The maximum Gasteiger partial charge on any atom is 0.244 e. The molecule has 0 aliphatic carbocycles. The molecule has 0 bridgehead atoms. The van der Waals surface area contributed by atoms with E-state index in [4.69, 9.17) is 5.10 Å². The van der Waals surface area contributed by atoms with Crippen LogP contribution in [0.5, 0.6) is 0 Å². The number of hydrogen-bond acceptors (Lipinski definition) is 3. The maximum atomic E-state index is 12.3. The van der Waals surface area contributed by atoms with Crippen LogP contribution in [0.15, 0.2) is 91.3 Å². The van der Waals surface area contributed by atoms with Gasteiger partial charge in [0.1, 0.15) is 0 Å². The van der Waals surface area contributed by atoms with Gasteiger partial charge in [0, 0.05) is 29.6 Å². The number of benzene rings is 2. The third-order valence-corrected chi connectivity index (χ3v) is 4.89. The molecular weight excluding hydrogens is 384 g/mol. The second kappa shape index (κ2) is 9.67. The fourth-order valence-electron chi connectivity index (χ4n) is 3.25. The number of nitrogens with one attached hydrogen (secondary N) is 1. The molecule has 4 rings (SSSR count). The van der Waals surface area contributed by atoms with Crippen LogP contribution >= 0.6 is 0 Å². The van der Waals surface area contributed by atoms with E-state index in [9.17, 15) is 4.79 Å². The number of amides is 1. The maximum absolute atomic E-state index is 12.3.